The Balaban J connectivity index is 2.39. The Morgan fingerprint density at radius 2 is 2.17 bits per heavy atom. The lowest BCUT2D eigenvalue weighted by molar-refractivity contribution is -0.402. The van der Waals surface area contributed by atoms with Gasteiger partial charge in [0.25, 0.3) is 5.24 Å². The fourth-order valence-electron chi connectivity index (χ4n) is 1.32. The van der Waals surface area contributed by atoms with Crippen LogP contribution in [0.15, 0.2) is 39.4 Å². The highest BCUT2D eigenvalue weighted by molar-refractivity contribution is 6.75. The van der Waals surface area contributed by atoms with Crippen molar-refractivity contribution in [1.29, 1.82) is 0 Å². The number of hydrogen-bond donors (Lipinski definition) is 0. The molecule has 2 aromatic heterocycles. The van der Waals surface area contributed by atoms with Crippen LogP contribution >= 0.6 is 11.6 Å². The minimum Gasteiger partial charge on any atom is -0.464 e. The highest BCUT2D eigenvalue weighted by Crippen LogP contribution is 2.24. The van der Waals surface area contributed by atoms with Crippen LogP contribution in [0.25, 0.3) is 11.6 Å². The zero-order chi connectivity index (χ0) is 13.1. The second kappa shape index (κ2) is 4.89. The van der Waals surface area contributed by atoms with E-state index in [1.165, 1.54) is 24.5 Å². The molecule has 7 heteroatoms. The number of hydrogen-bond acceptors (Lipinski definition) is 5. The monoisotopic (exact) mass is 267 g/mol. The first-order valence-corrected chi connectivity index (χ1v) is 5.15. The lowest BCUT2D eigenvalue weighted by Crippen LogP contribution is -1.90. The minimum absolute atomic E-state index is 0.0610. The summed E-state index contributed by atoms with van der Waals surface area (Å²) in [5, 5.41) is 9.70. The number of nitro groups is 1. The van der Waals surface area contributed by atoms with E-state index in [1.807, 2.05) is 0 Å². The van der Waals surface area contributed by atoms with Crippen LogP contribution in [0.5, 0.6) is 0 Å². The van der Waals surface area contributed by atoms with Gasteiger partial charge in [-0.1, -0.05) is 0 Å². The molecule has 0 atom stereocenters. The third-order valence-electron chi connectivity index (χ3n) is 2.08. The van der Waals surface area contributed by atoms with Crippen molar-refractivity contribution in [3.05, 3.63) is 52.2 Å². The van der Waals surface area contributed by atoms with E-state index in [-0.39, 0.29) is 17.1 Å². The lowest BCUT2D eigenvalue weighted by Gasteiger charge is -1.95. The van der Waals surface area contributed by atoms with Crippen LogP contribution in [-0.2, 0) is 4.79 Å². The molecular formula is C11H6ClNO5. The quantitative estimate of drug-likeness (QED) is 0.368. The third kappa shape index (κ3) is 2.49. The average molecular weight is 268 g/mol. The maximum atomic E-state index is 11.2. The maximum absolute atomic E-state index is 11.2. The van der Waals surface area contributed by atoms with Crippen LogP contribution in [-0.4, -0.2) is 10.2 Å². The molecule has 2 heterocycles. The SMILES string of the molecule is O=C(Cl)/C(=C\c1ccc([N+](=O)[O-])o1)c1ccco1. The summed E-state index contributed by atoms with van der Waals surface area (Å²) in [6, 6.07) is 5.68. The van der Waals surface area contributed by atoms with Crippen molar-refractivity contribution in [3.63, 3.8) is 0 Å². The van der Waals surface area contributed by atoms with Crippen LogP contribution in [0.1, 0.15) is 11.5 Å². The van der Waals surface area contributed by atoms with E-state index in [0.717, 1.165) is 0 Å². The van der Waals surface area contributed by atoms with Crippen molar-refractivity contribution >= 4 is 34.4 Å². The van der Waals surface area contributed by atoms with E-state index in [9.17, 15) is 14.9 Å². The van der Waals surface area contributed by atoms with Gasteiger partial charge < -0.3 is 8.83 Å². The Morgan fingerprint density at radius 1 is 1.39 bits per heavy atom. The lowest BCUT2D eigenvalue weighted by atomic mass is 10.2. The Bertz CT molecular complexity index is 611. The molecule has 2 aromatic rings. The number of furan rings is 2. The summed E-state index contributed by atoms with van der Waals surface area (Å²) in [5.41, 5.74) is 0.0610. The molecule has 92 valence electrons. The predicted octanol–water partition coefficient (Wildman–Crippen LogP) is 3.09. The first-order chi connectivity index (χ1) is 8.58. The second-order valence-electron chi connectivity index (χ2n) is 3.24. The molecule has 0 aliphatic rings. The standard InChI is InChI=1S/C11H6ClNO5/c12-11(14)8(9-2-1-5-17-9)6-7-3-4-10(18-7)13(15)16/h1-6H/b8-6-. The third-order valence-corrected chi connectivity index (χ3v) is 2.28. The molecule has 0 radical (unpaired) electrons. The Morgan fingerprint density at radius 3 is 2.67 bits per heavy atom. The van der Waals surface area contributed by atoms with Crippen LogP contribution in [0.2, 0.25) is 0 Å². The Hall–Kier alpha value is -2.34. The van der Waals surface area contributed by atoms with Gasteiger partial charge in [0.15, 0.2) is 0 Å². The fourth-order valence-corrected chi connectivity index (χ4v) is 1.46. The molecule has 0 fully saturated rings. The molecule has 18 heavy (non-hydrogen) atoms. The van der Waals surface area contributed by atoms with Gasteiger partial charge in [-0.2, -0.15) is 0 Å². The number of allylic oxidation sites excluding steroid dienone is 1. The molecule has 6 nitrogen and oxygen atoms in total. The summed E-state index contributed by atoms with van der Waals surface area (Å²) in [6.07, 6.45) is 2.66. The molecule has 0 aliphatic heterocycles. The fraction of sp³-hybridized carbons (Fsp3) is 0. The van der Waals surface area contributed by atoms with Gasteiger partial charge in [-0.15, -0.1) is 0 Å². The van der Waals surface area contributed by atoms with Crippen molar-refractivity contribution in [1.82, 2.24) is 0 Å². The molecule has 0 saturated heterocycles. The summed E-state index contributed by atoms with van der Waals surface area (Å²) >= 11 is 5.41. The highest BCUT2D eigenvalue weighted by Gasteiger charge is 2.15. The summed E-state index contributed by atoms with van der Waals surface area (Å²) in [6.45, 7) is 0. The van der Waals surface area contributed by atoms with Gasteiger partial charge in [-0.3, -0.25) is 14.9 Å². The summed E-state index contributed by atoms with van der Waals surface area (Å²) in [7, 11) is 0. The smallest absolute Gasteiger partial charge is 0.433 e. The van der Waals surface area contributed by atoms with Crippen molar-refractivity contribution in [2.24, 2.45) is 0 Å². The molecular weight excluding hydrogens is 262 g/mol. The summed E-state index contributed by atoms with van der Waals surface area (Å²) < 4.78 is 9.93. The van der Waals surface area contributed by atoms with E-state index in [2.05, 4.69) is 0 Å². The molecule has 0 bridgehead atoms. The van der Waals surface area contributed by atoms with E-state index >= 15 is 0 Å². The van der Waals surface area contributed by atoms with Crippen molar-refractivity contribution in [3.8, 4) is 0 Å². The Labute approximate surface area is 106 Å². The number of carbonyl (C=O) groups excluding carboxylic acids is 1. The first-order valence-electron chi connectivity index (χ1n) is 4.77. The van der Waals surface area contributed by atoms with Crippen LogP contribution in [0.3, 0.4) is 0 Å². The number of carbonyl (C=O) groups is 1. The van der Waals surface area contributed by atoms with Gasteiger partial charge in [-0.05, 0) is 35.9 Å². The maximum Gasteiger partial charge on any atom is 0.433 e. The van der Waals surface area contributed by atoms with Crippen LogP contribution in [0.4, 0.5) is 5.88 Å². The average Bonchev–Trinajstić information content (AvgIpc) is 2.96. The number of nitrogens with zero attached hydrogens (tertiary/aromatic N) is 1. The molecule has 0 aliphatic carbocycles. The van der Waals surface area contributed by atoms with E-state index in [0.29, 0.717) is 0 Å². The summed E-state index contributed by atoms with van der Waals surface area (Å²) in [4.78, 5) is 21.0. The van der Waals surface area contributed by atoms with Gasteiger partial charge in [0.2, 0.25) is 0 Å². The highest BCUT2D eigenvalue weighted by atomic mass is 35.5. The van der Waals surface area contributed by atoms with Gasteiger partial charge in [-0.25, -0.2) is 0 Å². The number of halogens is 1. The molecule has 0 saturated carbocycles. The molecule has 2 rings (SSSR count). The van der Waals surface area contributed by atoms with E-state index in [1.54, 1.807) is 12.1 Å². The zero-order valence-electron chi connectivity index (χ0n) is 8.83. The minimum atomic E-state index is -0.746. The molecule has 0 unspecified atom stereocenters. The molecule has 0 spiro atoms. The normalized spacial score (nSPS) is 11.5. The van der Waals surface area contributed by atoms with Crippen molar-refractivity contribution < 1.29 is 18.6 Å². The molecule has 0 N–H and O–H groups in total. The van der Waals surface area contributed by atoms with Crippen LogP contribution < -0.4 is 0 Å². The predicted molar refractivity (Wildman–Crippen MR) is 62.8 cm³/mol. The molecule has 0 amide bonds. The van der Waals surface area contributed by atoms with Crippen LogP contribution in [0, 0.1) is 10.1 Å². The van der Waals surface area contributed by atoms with E-state index in [4.69, 9.17) is 20.4 Å². The summed E-state index contributed by atoms with van der Waals surface area (Å²) in [5.74, 6) is -0.0155. The van der Waals surface area contributed by atoms with Gasteiger partial charge in [0.1, 0.15) is 16.4 Å². The van der Waals surface area contributed by atoms with Gasteiger partial charge >= 0.3 is 5.88 Å². The second-order valence-corrected chi connectivity index (χ2v) is 3.59. The van der Waals surface area contributed by atoms with Gasteiger partial charge in [0.05, 0.1) is 17.9 Å². The van der Waals surface area contributed by atoms with Gasteiger partial charge in [0, 0.05) is 0 Å². The topological polar surface area (TPSA) is 86.5 Å². The van der Waals surface area contributed by atoms with Crippen molar-refractivity contribution in [2.45, 2.75) is 0 Å². The van der Waals surface area contributed by atoms with E-state index < -0.39 is 16.0 Å². The number of rotatable bonds is 4. The first kappa shape index (κ1) is 12.1. The zero-order valence-corrected chi connectivity index (χ0v) is 9.59. The molecule has 0 aromatic carbocycles. The Kier molecular flexibility index (Phi) is 3.29. The largest absolute Gasteiger partial charge is 0.464 e. The van der Waals surface area contributed by atoms with Crippen molar-refractivity contribution in [2.75, 3.05) is 0 Å².